The number of hydrogen-bond donors (Lipinski definition) is 2. The van der Waals surface area contributed by atoms with Crippen LogP contribution in [0, 0.1) is 0 Å². The first kappa shape index (κ1) is 14.7. The SMILES string of the molecule is CCCOC1CCCN(c2ccc(N)cc2C(=O)O)C1. The van der Waals surface area contributed by atoms with E-state index in [1.807, 2.05) is 0 Å². The third kappa shape index (κ3) is 3.42. The summed E-state index contributed by atoms with van der Waals surface area (Å²) in [6.45, 7) is 4.44. The van der Waals surface area contributed by atoms with Crippen molar-refractivity contribution < 1.29 is 14.6 Å². The third-order valence-electron chi connectivity index (χ3n) is 3.53. The minimum absolute atomic E-state index is 0.183. The second-order valence-electron chi connectivity index (χ2n) is 5.16. The van der Waals surface area contributed by atoms with E-state index in [1.165, 1.54) is 6.07 Å². The third-order valence-corrected chi connectivity index (χ3v) is 3.53. The van der Waals surface area contributed by atoms with Gasteiger partial charge in [0, 0.05) is 25.4 Å². The molecule has 1 atom stereocenters. The van der Waals surface area contributed by atoms with Gasteiger partial charge in [-0.3, -0.25) is 0 Å². The van der Waals surface area contributed by atoms with Crippen molar-refractivity contribution in [2.75, 3.05) is 30.3 Å². The zero-order chi connectivity index (χ0) is 14.5. The molecule has 1 heterocycles. The Kier molecular flexibility index (Phi) is 4.84. The molecule has 0 radical (unpaired) electrons. The van der Waals surface area contributed by atoms with Gasteiger partial charge in [0.15, 0.2) is 0 Å². The second kappa shape index (κ2) is 6.61. The monoisotopic (exact) mass is 278 g/mol. The van der Waals surface area contributed by atoms with Gasteiger partial charge < -0.3 is 20.5 Å². The fourth-order valence-corrected chi connectivity index (χ4v) is 2.58. The van der Waals surface area contributed by atoms with E-state index in [-0.39, 0.29) is 11.7 Å². The van der Waals surface area contributed by atoms with Gasteiger partial charge in [0.2, 0.25) is 0 Å². The van der Waals surface area contributed by atoms with Crippen molar-refractivity contribution in [1.82, 2.24) is 0 Å². The molecule has 1 unspecified atom stereocenters. The largest absolute Gasteiger partial charge is 0.478 e. The Morgan fingerprint density at radius 2 is 2.35 bits per heavy atom. The van der Waals surface area contributed by atoms with E-state index in [1.54, 1.807) is 12.1 Å². The summed E-state index contributed by atoms with van der Waals surface area (Å²) in [5, 5.41) is 9.31. The van der Waals surface area contributed by atoms with Crippen LogP contribution in [0.25, 0.3) is 0 Å². The first-order valence-corrected chi connectivity index (χ1v) is 7.11. The lowest BCUT2D eigenvalue weighted by atomic mass is 10.0. The number of carboxylic acid groups (broad SMARTS) is 1. The number of benzene rings is 1. The van der Waals surface area contributed by atoms with Gasteiger partial charge in [0.25, 0.3) is 0 Å². The number of aromatic carboxylic acids is 1. The van der Waals surface area contributed by atoms with Gasteiger partial charge in [-0.1, -0.05) is 6.92 Å². The van der Waals surface area contributed by atoms with Gasteiger partial charge in [0.1, 0.15) is 0 Å². The summed E-state index contributed by atoms with van der Waals surface area (Å²) in [5.74, 6) is -0.941. The summed E-state index contributed by atoms with van der Waals surface area (Å²) in [6.07, 6.45) is 3.23. The smallest absolute Gasteiger partial charge is 0.337 e. The van der Waals surface area contributed by atoms with Crippen molar-refractivity contribution in [2.24, 2.45) is 0 Å². The summed E-state index contributed by atoms with van der Waals surface area (Å²) in [6, 6.07) is 5.06. The molecule has 0 spiro atoms. The van der Waals surface area contributed by atoms with Gasteiger partial charge in [-0.25, -0.2) is 4.79 Å². The van der Waals surface area contributed by atoms with Gasteiger partial charge in [-0.2, -0.15) is 0 Å². The van der Waals surface area contributed by atoms with E-state index in [0.717, 1.165) is 44.6 Å². The number of piperidine rings is 1. The highest BCUT2D eigenvalue weighted by atomic mass is 16.5. The first-order chi connectivity index (χ1) is 9.61. The van der Waals surface area contributed by atoms with Crippen LogP contribution in [0.1, 0.15) is 36.5 Å². The number of hydrogen-bond acceptors (Lipinski definition) is 4. The maximum absolute atomic E-state index is 11.4. The minimum Gasteiger partial charge on any atom is -0.478 e. The predicted molar refractivity (Wildman–Crippen MR) is 79.3 cm³/mol. The zero-order valence-corrected chi connectivity index (χ0v) is 11.8. The normalized spacial score (nSPS) is 19.1. The number of carboxylic acids is 1. The molecule has 0 amide bonds. The molecule has 110 valence electrons. The molecule has 1 fully saturated rings. The Balaban J connectivity index is 2.16. The lowest BCUT2D eigenvalue weighted by Gasteiger charge is -2.35. The second-order valence-corrected chi connectivity index (χ2v) is 5.16. The van der Waals surface area contributed by atoms with Gasteiger partial charge >= 0.3 is 5.97 Å². The molecule has 3 N–H and O–H groups in total. The minimum atomic E-state index is -0.941. The average molecular weight is 278 g/mol. The van der Waals surface area contributed by atoms with Crippen LogP contribution in [0.15, 0.2) is 18.2 Å². The quantitative estimate of drug-likeness (QED) is 0.809. The fraction of sp³-hybridized carbons (Fsp3) is 0.533. The first-order valence-electron chi connectivity index (χ1n) is 7.11. The summed E-state index contributed by atoms with van der Waals surface area (Å²) in [5.41, 5.74) is 7.15. The number of nitrogens with two attached hydrogens (primary N) is 1. The van der Waals surface area contributed by atoms with E-state index < -0.39 is 5.97 Å². The average Bonchev–Trinajstić information content (AvgIpc) is 2.45. The van der Waals surface area contributed by atoms with Crippen molar-refractivity contribution in [2.45, 2.75) is 32.3 Å². The standard InChI is InChI=1S/C15H22N2O3/c1-2-8-20-12-4-3-7-17(10-12)14-6-5-11(16)9-13(14)15(18)19/h5-6,9,12H,2-4,7-8,10,16H2,1H3,(H,18,19). The highest BCUT2D eigenvalue weighted by Gasteiger charge is 2.23. The summed E-state index contributed by atoms with van der Waals surface area (Å²) >= 11 is 0. The van der Waals surface area contributed by atoms with E-state index in [0.29, 0.717) is 5.69 Å². The Bertz CT molecular complexity index is 476. The van der Waals surface area contributed by atoms with Crippen molar-refractivity contribution in [3.8, 4) is 0 Å². The molecule has 5 heteroatoms. The fourth-order valence-electron chi connectivity index (χ4n) is 2.58. The van der Waals surface area contributed by atoms with Crippen molar-refractivity contribution in [1.29, 1.82) is 0 Å². The van der Waals surface area contributed by atoms with Crippen LogP contribution in [0.3, 0.4) is 0 Å². The van der Waals surface area contributed by atoms with Crippen LogP contribution in [0.2, 0.25) is 0 Å². The molecule has 1 aromatic rings. The van der Waals surface area contributed by atoms with Crippen LogP contribution >= 0.6 is 0 Å². The lowest BCUT2D eigenvalue weighted by Crippen LogP contribution is -2.40. The molecule has 0 bridgehead atoms. The number of rotatable bonds is 5. The number of anilines is 2. The Morgan fingerprint density at radius 1 is 1.55 bits per heavy atom. The highest BCUT2D eigenvalue weighted by Crippen LogP contribution is 2.27. The zero-order valence-electron chi connectivity index (χ0n) is 11.8. The molecule has 1 aliphatic rings. The summed E-state index contributed by atoms with van der Waals surface area (Å²) < 4.78 is 5.79. The molecule has 1 saturated heterocycles. The molecule has 1 aliphatic heterocycles. The van der Waals surface area contributed by atoms with Crippen LogP contribution < -0.4 is 10.6 Å². The van der Waals surface area contributed by atoms with Crippen LogP contribution in [0.5, 0.6) is 0 Å². The number of carbonyl (C=O) groups is 1. The molecule has 0 aliphatic carbocycles. The highest BCUT2D eigenvalue weighted by molar-refractivity contribution is 5.95. The molecular formula is C15H22N2O3. The van der Waals surface area contributed by atoms with E-state index >= 15 is 0 Å². The van der Waals surface area contributed by atoms with E-state index in [9.17, 15) is 9.90 Å². The molecule has 1 aromatic carbocycles. The van der Waals surface area contributed by atoms with Crippen LogP contribution in [-0.2, 0) is 4.74 Å². The topological polar surface area (TPSA) is 75.8 Å². The Hall–Kier alpha value is -1.75. The predicted octanol–water partition coefficient (Wildman–Crippen LogP) is 2.36. The van der Waals surface area contributed by atoms with Gasteiger partial charge in [-0.05, 0) is 37.5 Å². The van der Waals surface area contributed by atoms with E-state index in [4.69, 9.17) is 10.5 Å². The van der Waals surface area contributed by atoms with Crippen molar-refractivity contribution in [3.05, 3.63) is 23.8 Å². The molecule has 20 heavy (non-hydrogen) atoms. The van der Waals surface area contributed by atoms with Crippen LogP contribution in [0.4, 0.5) is 11.4 Å². The summed E-state index contributed by atoms with van der Waals surface area (Å²) in [7, 11) is 0. The molecule has 0 saturated carbocycles. The summed E-state index contributed by atoms with van der Waals surface area (Å²) in [4.78, 5) is 13.4. The maximum Gasteiger partial charge on any atom is 0.337 e. The number of nitrogen functional groups attached to an aromatic ring is 1. The Morgan fingerprint density at radius 3 is 3.05 bits per heavy atom. The maximum atomic E-state index is 11.4. The molecule has 0 aromatic heterocycles. The molecular weight excluding hydrogens is 256 g/mol. The van der Waals surface area contributed by atoms with Crippen molar-refractivity contribution >= 4 is 17.3 Å². The molecule has 2 rings (SSSR count). The lowest BCUT2D eigenvalue weighted by molar-refractivity contribution is 0.0439. The number of nitrogens with zero attached hydrogens (tertiary/aromatic N) is 1. The van der Waals surface area contributed by atoms with Gasteiger partial charge in [0.05, 0.1) is 17.4 Å². The molecule has 5 nitrogen and oxygen atoms in total. The number of ether oxygens (including phenoxy) is 1. The van der Waals surface area contributed by atoms with Gasteiger partial charge in [-0.15, -0.1) is 0 Å². The van der Waals surface area contributed by atoms with Crippen molar-refractivity contribution in [3.63, 3.8) is 0 Å². The van der Waals surface area contributed by atoms with E-state index in [2.05, 4.69) is 11.8 Å². The Labute approximate surface area is 119 Å². The van der Waals surface area contributed by atoms with Crippen LogP contribution in [-0.4, -0.2) is 36.9 Å².